The number of amides is 1. The van der Waals surface area contributed by atoms with Crippen LogP contribution >= 0.6 is 15.9 Å². The largest absolute Gasteiger partial charge is 0.508 e. The highest BCUT2D eigenvalue weighted by molar-refractivity contribution is 9.10. The number of carbonyl (C=O) groups is 2. The fraction of sp³-hybridized carbons (Fsp3) is 0.556. The van der Waals surface area contributed by atoms with Crippen molar-refractivity contribution in [1.29, 1.82) is 0 Å². The lowest BCUT2D eigenvalue weighted by Crippen LogP contribution is -2.47. The van der Waals surface area contributed by atoms with Crippen LogP contribution in [-0.2, 0) is 20.7 Å². The number of alkyl carbamates (subject to hydrolysis) is 1. The van der Waals surface area contributed by atoms with Gasteiger partial charge in [0.25, 0.3) is 0 Å². The molecule has 1 unspecified atom stereocenters. The first-order valence-electron chi connectivity index (χ1n) is 7.96. The molecule has 140 valence electrons. The molecule has 1 amide bonds. The second-order valence-electron chi connectivity index (χ2n) is 7.71. The lowest BCUT2D eigenvalue weighted by molar-refractivity contribution is -0.157. The molecule has 1 atom stereocenters. The third kappa shape index (κ3) is 8.25. The van der Waals surface area contributed by atoms with E-state index in [1.165, 1.54) is 12.1 Å². The number of hydrogen-bond acceptors (Lipinski definition) is 5. The van der Waals surface area contributed by atoms with Crippen LogP contribution in [0.4, 0.5) is 4.79 Å². The average Bonchev–Trinajstić information content (AvgIpc) is 2.38. The van der Waals surface area contributed by atoms with Gasteiger partial charge in [-0.05, 0) is 65.3 Å². The average molecular weight is 416 g/mol. The third-order valence-electron chi connectivity index (χ3n) is 2.84. The van der Waals surface area contributed by atoms with Gasteiger partial charge in [-0.15, -0.1) is 0 Å². The predicted molar refractivity (Wildman–Crippen MR) is 98.5 cm³/mol. The van der Waals surface area contributed by atoms with Crippen molar-refractivity contribution in [3.63, 3.8) is 0 Å². The van der Waals surface area contributed by atoms with Gasteiger partial charge in [0.2, 0.25) is 0 Å². The normalized spacial score (nSPS) is 13.1. The minimum absolute atomic E-state index is 0.0680. The maximum absolute atomic E-state index is 12.5. The zero-order valence-corrected chi connectivity index (χ0v) is 17.1. The number of esters is 1. The summed E-state index contributed by atoms with van der Waals surface area (Å²) in [6.45, 7) is 10.5. The van der Waals surface area contributed by atoms with Gasteiger partial charge in [0.15, 0.2) is 0 Å². The number of ether oxygens (including phenoxy) is 2. The van der Waals surface area contributed by atoms with Gasteiger partial charge in [-0.3, -0.25) is 0 Å². The quantitative estimate of drug-likeness (QED) is 0.727. The van der Waals surface area contributed by atoms with E-state index in [4.69, 9.17) is 9.47 Å². The van der Waals surface area contributed by atoms with E-state index < -0.39 is 29.3 Å². The first kappa shape index (κ1) is 21.3. The van der Waals surface area contributed by atoms with E-state index in [0.29, 0.717) is 10.0 Å². The van der Waals surface area contributed by atoms with Crippen molar-refractivity contribution >= 4 is 28.0 Å². The summed E-state index contributed by atoms with van der Waals surface area (Å²) in [4.78, 5) is 24.6. The summed E-state index contributed by atoms with van der Waals surface area (Å²) in [5.41, 5.74) is -0.721. The fourth-order valence-corrected chi connectivity index (χ4v) is 2.36. The molecule has 1 aromatic rings. The summed E-state index contributed by atoms with van der Waals surface area (Å²) in [5, 5.41) is 12.2. The second kappa shape index (κ2) is 8.08. The monoisotopic (exact) mass is 415 g/mol. The number of hydrogen-bond donors (Lipinski definition) is 2. The molecule has 2 N–H and O–H groups in total. The minimum atomic E-state index is -0.952. The van der Waals surface area contributed by atoms with Crippen molar-refractivity contribution in [1.82, 2.24) is 5.32 Å². The fourth-order valence-electron chi connectivity index (χ4n) is 1.95. The summed E-state index contributed by atoms with van der Waals surface area (Å²) in [6, 6.07) is 3.77. The van der Waals surface area contributed by atoms with Crippen LogP contribution in [0.1, 0.15) is 47.1 Å². The Balaban J connectivity index is 3.00. The molecule has 0 saturated carbocycles. The zero-order valence-electron chi connectivity index (χ0n) is 15.5. The van der Waals surface area contributed by atoms with Crippen molar-refractivity contribution in [2.24, 2.45) is 0 Å². The maximum Gasteiger partial charge on any atom is 0.408 e. The molecule has 0 aliphatic carbocycles. The van der Waals surface area contributed by atoms with Gasteiger partial charge in [0.05, 0.1) is 0 Å². The summed E-state index contributed by atoms with van der Waals surface area (Å²) >= 11 is 3.38. The smallest absolute Gasteiger partial charge is 0.408 e. The van der Waals surface area contributed by atoms with Gasteiger partial charge in [0.1, 0.15) is 23.0 Å². The van der Waals surface area contributed by atoms with Crippen molar-refractivity contribution in [3.8, 4) is 5.75 Å². The second-order valence-corrected chi connectivity index (χ2v) is 8.57. The van der Waals surface area contributed by atoms with Crippen molar-refractivity contribution in [2.75, 3.05) is 0 Å². The highest BCUT2D eigenvalue weighted by atomic mass is 79.9. The number of phenols is 1. The Morgan fingerprint density at radius 2 is 1.68 bits per heavy atom. The number of rotatable bonds is 4. The van der Waals surface area contributed by atoms with E-state index in [-0.39, 0.29) is 12.2 Å². The van der Waals surface area contributed by atoms with Gasteiger partial charge in [-0.2, -0.15) is 0 Å². The van der Waals surface area contributed by atoms with Gasteiger partial charge in [-0.25, -0.2) is 9.59 Å². The Morgan fingerprint density at radius 1 is 1.12 bits per heavy atom. The number of halogens is 1. The van der Waals surface area contributed by atoms with Crippen LogP contribution in [0.2, 0.25) is 0 Å². The van der Waals surface area contributed by atoms with Crippen molar-refractivity contribution in [3.05, 3.63) is 28.2 Å². The van der Waals surface area contributed by atoms with Crippen molar-refractivity contribution in [2.45, 2.75) is 65.2 Å². The minimum Gasteiger partial charge on any atom is -0.508 e. The van der Waals surface area contributed by atoms with E-state index in [1.54, 1.807) is 47.6 Å². The number of phenolic OH excluding ortho intramolecular Hbond substituents is 1. The highest BCUT2D eigenvalue weighted by Gasteiger charge is 2.29. The first-order chi connectivity index (χ1) is 11.3. The molecular weight excluding hydrogens is 390 g/mol. The molecule has 0 heterocycles. The van der Waals surface area contributed by atoms with Crippen LogP contribution in [0.15, 0.2) is 22.7 Å². The third-order valence-corrected chi connectivity index (χ3v) is 3.61. The Bertz CT molecular complexity index is 631. The molecule has 0 bridgehead atoms. The van der Waals surface area contributed by atoms with E-state index >= 15 is 0 Å². The number of carbonyl (C=O) groups excluding carboxylic acids is 2. The maximum atomic E-state index is 12.5. The summed E-state index contributed by atoms with van der Waals surface area (Å²) in [6.07, 6.45) is -0.567. The van der Waals surface area contributed by atoms with Crippen LogP contribution < -0.4 is 5.32 Å². The highest BCUT2D eigenvalue weighted by Crippen LogP contribution is 2.24. The van der Waals surface area contributed by atoms with Crippen LogP contribution in [-0.4, -0.2) is 34.4 Å². The molecule has 0 aliphatic rings. The molecule has 7 heteroatoms. The molecule has 0 saturated heterocycles. The molecule has 1 rings (SSSR count). The SMILES string of the molecule is CC(C)(C)OC(=O)NC(Cc1cc(O)ccc1Br)C(=O)OC(C)(C)C. The van der Waals surface area contributed by atoms with Crippen LogP contribution in [0, 0.1) is 0 Å². The lowest BCUT2D eigenvalue weighted by atomic mass is 10.1. The van der Waals surface area contributed by atoms with Gasteiger partial charge in [-0.1, -0.05) is 15.9 Å². The van der Waals surface area contributed by atoms with Crippen LogP contribution in [0.3, 0.4) is 0 Å². The Morgan fingerprint density at radius 3 is 2.20 bits per heavy atom. The molecule has 0 aliphatic heterocycles. The molecule has 0 fully saturated rings. The molecule has 1 aromatic carbocycles. The van der Waals surface area contributed by atoms with Gasteiger partial charge < -0.3 is 19.9 Å². The molecular formula is C18H26BrNO5. The zero-order chi connectivity index (χ0) is 19.4. The summed E-state index contributed by atoms with van der Waals surface area (Å²) < 4.78 is 11.3. The van der Waals surface area contributed by atoms with E-state index in [0.717, 1.165) is 0 Å². The topological polar surface area (TPSA) is 84.9 Å². The summed E-state index contributed by atoms with van der Waals surface area (Å²) in [7, 11) is 0. The van der Waals surface area contributed by atoms with E-state index in [2.05, 4.69) is 21.2 Å². The first-order valence-corrected chi connectivity index (χ1v) is 8.76. The van der Waals surface area contributed by atoms with E-state index in [9.17, 15) is 14.7 Å². The van der Waals surface area contributed by atoms with Crippen molar-refractivity contribution < 1.29 is 24.2 Å². The van der Waals surface area contributed by atoms with Crippen LogP contribution in [0.25, 0.3) is 0 Å². The molecule has 6 nitrogen and oxygen atoms in total. The van der Waals surface area contributed by atoms with Crippen LogP contribution in [0.5, 0.6) is 5.75 Å². The molecule has 0 aromatic heterocycles. The van der Waals surface area contributed by atoms with Gasteiger partial charge >= 0.3 is 12.1 Å². The van der Waals surface area contributed by atoms with E-state index in [1.807, 2.05) is 0 Å². The number of aromatic hydroxyl groups is 1. The Kier molecular flexibility index (Phi) is 6.88. The number of nitrogens with one attached hydrogen (secondary N) is 1. The Labute approximate surface area is 157 Å². The molecule has 0 radical (unpaired) electrons. The molecule has 0 spiro atoms. The van der Waals surface area contributed by atoms with Gasteiger partial charge in [0, 0.05) is 10.9 Å². The predicted octanol–water partition coefficient (Wildman–Crippen LogP) is 3.93. The molecule has 25 heavy (non-hydrogen) atoms. The summed E-state index contributed by atoms with van der Waals surface area (Å²) in [5.74, 6) is -0.507. The number of benzene rings is 1. The standard InChI is InChI=1S/C18H26BrNO5/c1-17(2,3)24-15(22)14(20-16(23)25-18(4,5)6)10-11-9-12(21)7-8-13(11)19/h7-9,14,21H,10H2,1-6H3,(H,20,23). The lowest BCUT2D eigenvalue weighted by Gasteiger charge is -2.26. The Hall–Kier alpha value is -1.76.